The van der Waals surface area contributed by atoms with Crippen molar-refractivity contribution in [1.29, 1.82) is 0 Å². The summed E-state index contributed by atoms with van der Waals surface area (Å²) < 4.78 is 11.5. The first kappa shape index (κ1) is 25.1. The molecule has 3 aliphatic rings. The van der Waals surface area contributed by atoms with Gasteiger partial charge in [-0.15, -0.1) is 11.8 Å². The number of aryl methyl sites for hydroxylation is 1. The van der Waals surface area contributed by atoms with E-state index in [0.29, 0.717) is 36.5 Å². The minimum Gasteiger partial charge on any atom is -0.416 e. The van der Waals surface area contributed by atoms with Gasteiger partial charge in [0.1, 0.15) is 0 Å². The van der Waals surface area contributed by atoms with Crippen molar-refractivity contribution in [1.82, 2.24) is 5.32 Å². The van der Waals surface area contributed by atoms with E-state index in [1.54, 1.807) is 23.9 Å². The average Bonchev–Trinajstić information content (AvgIpc) is 3.13. The fourth-order valence-electron chi connectivity index (χ4n) is 5.09. The quantitative estimate of drug-likeness (QED) is 0.338. The third kappa shape index (κ3) is 5.12. The number of nitrogens with one attached hydrogen (secondary N) is 1. The zero-order valence-corrected chi connectivity index (χ0v) is 21.6. The molecule has 2 aromatic rings. The van der Waals surface area contributed by atoms with Crippen molar-refractivity contribution >= 4 is 46.9 Å². The van der Waals surface area contributed by atoms with Crippen molar-refractivity contribution in [2.45, 2.75) is 55.6 Å². The number of para-hydroxylation sites is 1. The van der Waals surface area contributed by atoms with Gasteiger partial charge in [-0.25, -0.2) is 0 Å². The highest BCUT2D eigenvalue weighted by Gasteiger charge is 2.46. The standard InChI is InChI=1S/C27H29ClN2O5S/c28-21-9-8-20-19(13-14-29-17-27(20)34-24(32)11-12-25(33)35-27)26(21)36-16-4-3-15-30-22-6-2-1-5-18(22)7-10-23(30)31/h1-2,5-6,8-9,29H,3-4,7,10-17H2. The van der Waals surface area contributed by atoms with Crippen molar-refractivity contribution in [2.24, 2.45) is 0 Å². The molecule has 1 N–H and O–H groups in total. The molecule has 1 fully saturated rings. The number of esters is 2. The number of carbonyl (C=O) groups excluding carboxylic acids is 3. The van der Waals surface area contributed by atoms with Crippen LogP contribution >= 0.6 is 23.4 Å². The second-order valence-corrected chi connectivity index (χ2v) is 10.8. The van der Waals surface area contributed by atoms with Crippen LogP contribution in [0, 0.1) is 0 Å². The second-order valence-electron chi connectivity index (χ2n) is 9.26. The van der Waals surface area contributed by atoms with Crippen LogP contribution in [0.15, 0.2) is 41.3 Å². The van der Waals surface area contributed by atoms with Crippen LogP contribution < -0.4 is 10.2 Å². The van der Waals surface area contributed by atoms with Crippen LogP contribution in [-0.4, -0.2) is 43.2 Å². The molecule has 1 saturated heterocycles. The zero-order chi connectivity index (χ0) is 25.1. The molecule has 5 rings (SSSR count). The fraction of sp³-hybridized carbons (Fsp3) is 0.444. The maximum atomic E-state index is 12.5. The highest BCUT2D eigenvalue weighted by Crippen LogP contribution is 2.41. The Hall–Kier alpha value is -2.55. The molecule has 1 amide bonds. The number of amides is 1. The molecule has 36 heavy (non-hydrogen) atoms. The first-order valence-electron chi connectivity index (χ1n) is 12.4. The van der Waals surface area contributed by atoms with Crippen LogP contribution in [-0.2, 0) is 42.5 Å². The van der Waals surface area contributed by atoms with Gasteiger partial charge in [0, 0.05) is 29.1 Å². The number of carbonyl (C=O) groups is 3. The lowest BCUT2D eigenvalue weighted by Gasteiger charge is -2.32. The number of nitrogens with zero attached hydrogens (tertiary/aromatic N) is 1. The normalized spacial score (nSPS) is 19.1. The predicted octanol–water partition coefficient (Wildman–Crippen LogP) is 4.37. The van der Waals surface area contributed by atoms with Crippen molar-refractivity contribution in [2.75, 3.05) is 30.3 Å². The van der Waals surface area contributed by atoms with E-state index < -0.39 is 17.7 Å². The van der Waals surface area contributed by atoms with E-state index in [9.17, 15) is 14.4 Å². The minimum atomic E-state index is -1.47. The summed E-state index contributed by atoms with van der Waals surface area (Å²) in [5, 5.41) is 3.88. The molecular formula is C27H29ClN2O5S. The van der Waals surface area contributed by atoms with E-state index in [-0.39, 0.29) is 25.3 Å². The number of thioether (sulfide) groups is 1. The first-order valence-corrected chi connectivity index (χ1v) is 13.8. The Morgan fingerprint density at radius 3 is 2.53 bits per heavy atom. The molecule has 0 atom stereocenters. The number of hydrogen-bond donors (Lipinski definition) is 1. The summed E-state index contributed by atoms with van der Waals surface area (Å²) >= 11 is 8.29. The Bertz CT molecular complexity index is 1170. The number of fused-ring (bicyclic) bond motifs is 3. The van der Waals surface area contributed by atoms with E-state index in [0.717, 1.165) is 41.2 Å². The largest absolute Gasteiger partial charge is 0.416 e. The molecule has 3 heterocycles. The zero-order valence-electron chi connectivity index (χ0n) is 20.0. The highest BCUT2D eigenvalue weighted by molar-refractivity contribution is 7.99. The van der Waals surface area contributed by atoms with Gasteiger partial charge < -0.3 is 19.7 Å². The molecule has 0 radical (unpaired) electrons. The predicted molar refractivity (Wildman–Crippen MR) is 138 cm³/mol. The van der Waals surface area contributed by atoms with Crippen LogP contribution in [0.3, 0.4) is 0 Å². The average molecular weight is 529 g/mol. The third-order valence-electron chi connectivity index (χ3n) is 6.84. The van der Waals surface area contributed by atoms with E-state index in [4.69, 9.17) is 21.1 Å². The van der Waals surface area contributed by atoms with Gasteiger partial charge in [0.05, 0.1) is 24.4 Å². The van der Waals surface area contributed by atoms with Crippen LogP contribution in [0.5, 0.6) is 0 Å². The van der Waals surface area contributed by atoms with Gasteiger partial charge in [-0.3, -0.25) is 14.4 Å². The van der Waals surface area contributed by atoms with Crippen LogP contribution in [0.2, 0.25) is 5.02 Å². The Morgan fingerprint density at radius 1 is 0.944 bits per heavy atom. The SMILES string of the molecule is O=C1CCC(=O)OC2(CNCCc3c2ccc(Cl)c3SCCCCN2C(=O)CCc3ccccc32)O1. The lowest BCUT2D eigenvalue weighted by Crippen LogP contribution is -2.43. The Morgan fingerprint density at radius 2 is 1.72 bits per heavy atom. The molecular weight excluding hydrogens is 500 g/mol. The minimum absolute atomic E-state index is 0.00904. The molecule has 3 aliphatic heterocycles. The Balaban J connectivity index is 1.28. The number of ether oxygens (including phenoxy) is 2. The summed E-state index contributed by atoms with van der Waals surface area (Å²) in [4.78, 5) is 40.0. The molecule has 0 unspecified atom stereocenters. The van der Waals surface area contributed by atoms with Gasteiger partial charge >= 0.3 is 11.9 Å². The lowest BCUT2D eigenvalue weighted by molar-refractivity contribution is -0.225. The van der Waals surface area contributed by atoms with Gasteiger partial charge in [0.2, 0.25) is 5.91 Å². The van der Waals surface area contributed by atoms with Crippen molar-refractivity contribution in [3.05, 3.63) is 58.1 Å². The van der Waals surface area contributed by atoms with Crippen molar-refractivity contribution < 1.29 is 23.9 Å². The van der Waals surface area contributed by atoms with Gasteiger partial charge in [-0.1, -0.05) is 29.8 Å². The summed E-state index contributed by atoms with van der Waals surface area (Å²) in [5.74, 6) is -1.37. The molecule has 0 bridgehead atoms. The summed E-state index contributed by atoms with van der Waals surface area (Å²) in [6.45, 7) is 1.54. The van der Waals surface area contributed by atoms with Crippen LogP contribution in [0.25, 0.3) is 0 Å². The number of anilines is 1. The van der Waals surface area contributed by atoms with E-state index in [1.165, 1.54) is 5.56 Å². The topological polar surface area (TPSA) is 84.9 Å². The number of unbranched alkanes of at least 4 members (excludes halogenated alkanes) is 1. The van der Waals surface area contributed by atoms with E-state index >= 15 is 0 Å². The molecule has 9 heteroatoms. The Kier molecular flexibility index (Phi) is 7.55. The number of hydrogen-bond acceptors (Lipinski definition) is 7. The molecule has 2 aromatic carbocycles. The number of rotatable bonds is 6. The van der Waals surface area contributed by atoms with E-state index in [1.807, 2.05) is 23.1 Å². The number of halogens is 1. The molecule has 0 aliphatic carbocycles. The molecule has 0 aromatic heterocycles. The van der Waals surface area contributed by atoms with Crippen LogP contribution in [0.4, 0.5) is 5.69 Å². The van der Waals surface area contributed by atoms with Gasteiger partial charge in [-0.05, 0) is 67.3 Å². The van der Waals surface area contributed by atoms with Crippen molar-refractivity contribution in [3.8, 4) is 0 Å². The van der Waals surface area contributed by atoms with Gasteiger partial charge in [-0.2, -0.15) is 0 Å². The summed E-state index contributed by atoms with van der Waals surface area (Å²) in [7, 11) is 0. The lowest BCUT2D eigenvalue weighted by atomic mass is 9.98. The second kappa shape index (κ2) is 10.8. The van der Waals surface area contributed by atoms with Gasteiger partial charge in [0.15, 0.2) is 0 Å². The monoisotopic (exact) mass is 528 g/mol. The first-order chi connectivity index (χ1) is 17.5. The molecule has 190 valence electrons. The van der Waals surface area contributed by atoms with Gasteiger partial charge in [0.25, 0.3) is 5.79 Å². The fourth-order valence-corrected chi connectivity index (χ4v) is 6.57. The van der Waals surface area contributed by atoms with Crippen molar-refractivity contribution in [3.63, 3.8) is 0 Å². The number of benzene rings is 2. The van der Waals surface area contributed by atoms with Crippen LogP contribution in [0.1, 0.15) is 48.8 Å². The summed E-state index contributed by atoms with van der Waals surface area (Å²) in [6.07, 6.45) is 3.84. The molecule has 0 saturated carbocycles. The molecule has 1 spiro atoms. The third-order valence-corrected chi connectivity index (χ3v) is 8.51. The summed E-state index contributed by atoms with van der Waals surface area (Å²) in [5.41, 5.74) is 3.88. The maximum absolute atomic E-state index is 12.5. The molecule has 7 nitrogen and oxygen atoms in total. The highest BCUT2D eigenvalue weighted by atomic mass is 35.5. The Labute approximate surface area is 219 Å². The smallest absolute Gasteiger partial charge is 0.309 e. The maximum Gasteiger partial charge on any atom is 0.309 e. The van der Waals surface area contributed by atoms with E-state index in [2.05, 4.69) is 11.4 Å². The summed E-state index contributed by atoms with van der Waals surface area (Å²) in [6, 6.07) is 11.7.